The third kappa shape index (κ3) is 66.4. The maximum atomic E-state index is 12.5. The standard InChI is InChI=1S/C76H139NO3/c1-3-5-7-9-11-13-15-17-19-21-23-25-27-29-31-33-35-37-38-40-42-44-46-48-50-52-54-56-58-60-62-64-66-68-70-72-76(80)77-74(73-78)75(79)71-69-67-65-63-61-59-57-55-53-51-49-47-45-43-41-39-36-34-32-30-28-26-24-22-20-18-16-14-12-10-8-6-4-2/h5,7,11,13,17,19,23,25,29,31,61,63,69,71,74-75,78-79H,3-4,6,8-10,12,14-16,18,20-22,24,26-28,30,32-60,62,64-68,70,72-73H2,1-2H3,(H,77,80)/b7-5-,13-11-,19-17-,25-23-,31-29-,63-61+,71-69+. The Balaban J connectivity index is 3.47. The smallest absolute Gasteiger partial charge is 0.220 e. The van der Waals surface area contributed by atoms with Gasteiger partial charge in [0.05, 0.1) is 18.8 Å². The van der Waals surface area contributed by atoms with Gasteiger partial charge < -0.3 is 15.5 Å². The molecule has 4 nitrogen and oxygen atoms in total. The zero-order chi connectivity index (χ0) is 57.6. The van der Waals surface area contributed by atoms with Crippen LogP contribution in [0.25, 0.3) is 0 Å². The van der Waals surface area contributed by atoms with Gasteiger partial charge in [0.15, 0.2) is 0 Å². The molecular weight excluding hydrogens is 975 g/mol. The minimum atomic E-state index is -0.867. The second-order valence-corrected chi connectivity index (χ2v) is 24.3. The van der Waals surface area contributed by atoms with E-state index in [4.69, 9.17) is 0 Å². The van der Waals surface area contributed by atoms with E-state index in [0.717, 1.165) is 64.2 Å². The molecule has 80 heavy (non-hydrogen) atoms. The van der Waals surface area contributed by atoms with Crippen molar-refractivity contribution < 1.29 is 15.0 Å². The summed E-state index contributed by atoms with van der Waals surface area (Å²) in [5, 5.41) is 23.3. The number of aliphatic hydroxyl groups excluding tert-OH is 2. The van der Waals surface area contributed by atoms with Gasteiger partial charge in [0, 0.05) is 6.42 Å². The highest BCUT2D eigenvalue weighted by molar-refractivity contribution is 5.76. The molecule has 0 saturated carbocycles. The van der Waals surface area contributed by atoms with E-state index in [2.05, 4.69) is 92.1 Å². The van der Waals surface area contributed by atoms with Crippen molar-refractivity contribution in [2.45, 2.75) is 386 Å². The molecule has 0 aromatic rings. The SMILES string of the molecule is CC/C=C\C/C=C\C/C=C\C/C=C\C/C=C\CCCCCCCCCCCCCCCCCCCCCC(=O)NC(CO)C(O)/C=C/CC/C=C/CCCCCCCCCCCCCCCCCCCCCCCCCCCCC. The van der Waals surface area contributed by atoms with E-state index in [1.54, 1.807) is 6.08 Å². The number of hydrogen-bond donors (Lipinski definition) is 3. The monoisotopic (exact) mass is 1110 g/mol. The van der Waals surface area contributed by atoms with Gasteiger partial charge in [-0.05, 0) is 77.0 Å². The second-order valence-electron chi connectivity index (χ2n) is 24.3. The second kappa shape index (κ2) is 70.8. The molecule has 0 saturated heterocycles. The van der Waals surface area contributed by atoms with E-state index in [1.165, 1.54) is 289 Å². The summed E-state index contributed by atoms with van der Waals surface area (Å²) >= 11 is 0. The molecule has 0 radical (unpaired) electrons. The molecule has 0 aliphatic rings. The van der Waals surface area contributed by atoms with Crippen LogP contribution in [0, 0.1) is 0 Å². The fraction of sp³-hybridized carbons (Fsp3) is 0.803. The number of nitrogens with one attached hydrogen (secondary N) is 1. The first-order valence-electron chi connectivity index (χ1n) is 35.8. The Bertz CT molecular complexity index is 1400. The van der Waals surface area contributed by atoms with E-state index in [-0.39, 0.29) is 12.5 Å². The van der Waals surface area contributed by atoms with Crippen molar-refractivity contribution >= 4 is 5.91 Å². The molecule has 0 aromatic heterocycles. The van der Waals surface area contributed by atoms with E-state index in [9.17, 15) is 15.0 Å². The number of hydrogen-bond acceptors (Lipinski definition) is 3. The number of aliphatic hydroxyl groups is 2. The predicted octanol–water partition coefficient (Wildman–Crippen LogP) is 24.6. The Morgan fingerprint density at radius 2 is 0.562 bits per heavy atom. The molecular formula is C76H139NO3. The van der Waals surface area contributed by atoms with Gasteiger partial charge in [-0.25, -0.2) is 0 Å². The first-order chi connectivity index (χ1) is 39.7. The lowest BCUT2D eigenvalue weighted by molar-refractivity contribution is -0.123. The number of unbranched alkanes of at least 4 members (excludes halogenated alkanes) is 47. The summed E-state index contributed by atoms with van der Waals surface area (Å²) in [6.45, 7) is 4.22. The minimum Gasteiger partial charge on any atom is -0.394 e. The lowest BCUT2D eigenvalue weighted by atomic mass is 10.0. The number of carbonyl (C=O) groups excluding carboxylic acids is 1. The molecule has 0 bridgehead atoms. The van der Waals surface area contributed by atoms with Crippen LogP contribution in [-0.4, -0.2) is 34.9 Å². The highest BCUT2D eigenvalue weighted by Gasteiger charge is 2.18. The molecule has 466 valence electrons. The number of amides is 1. The largest absolute Gasteiger partial charge is 0.394 e. The maximum Gasteiger partial charge on any atom is 0.220 e. The Morgan fingerprint density at radius 3 is 0.875 bits per heavy atom. The normalized spacial score (nSPS) is 13.2. The summed E-state index contributed by atoms with van der Waals surface area (Å²) in [4.78, 5) is 12.5. The van der Waals surface area contributed by atoms with Crippen LogP contribution in [0.3, 0.4) is 0 Å². The van der Waals surface area contributed by atoms with Gasteiger partial charge in [-0.3, -0.25) is 4.79 Å². The van der Waals surface area contributed by atoms with Crippen molar-refractivity contribution in [1.29, 1.82) is 0 Å². The highest BCUT2D eigenvalue weighted by atomic mass is 16.3. The van der Waals surface area contributed by atoms with Crippen LogP contribution in [0.4, 0.5) is 0 Å². The van der Waals surface area contributed by atoms with Gasteiger partial charge >= 0.3 is 0 Å². The summed E-state index contributed by atoms with van der Waals surface area (Å²) in [5.74, 6) is -0.0694. The van der Waals surface area contributed by atoms with E-state index in [0.29, 0.717) is 6.42 Å². The van der Waals surface area contributed by atoms with Crippen molar-refractivity contribution in [3.05, 3.63) is 85.1 Å². The zero-order valence-corrected chi connectivity index (χ0v) is 53.8. The third-order valence-electron chi connectivity index (χ3n) is 16.4. The van der Waals surface area contributed by atoms with Crippen molar-refractivity contribution in [3.63, 3.8) is 0 Å². The number of allylic oxidation sites excluding steroid dienone is 13. The average molecular weight is 1110 g/mol. The van der Waals surface area contributed by atoms with Crippen molar-refractivity contribution in [3.8, 4) is 0 Å². The first kappa shape index (κ1) is 77.6. The third-order valence-corrected chi connectivity index (χ3v) is 16.4. The predicted molar refractivity (Wildman–Crippen MR) is 359 cm³/mol. The van der Waals surface area contributed by atoms with Crippen LogP contribution >= 0.6 is 0 Å². The lowest BCUT2D eigenvalue weighted by Crippen LogP contribution is -2.45. The first-order valence-corrected chi connectivity index (χ1v) is 35.8. The van der Waals surface area contributed by atoms with Crippen LogP contribution in [0.2, 0.25) is 0 Å². The van der Waals surface area contributed by atoms with Crippen molar-refractivity contribution in [1.82, 2.24) is 5.32 Å². The molecule has 0 aliphatic carbocycles. The topological polar surface area (TPSA) is 69.6 Å². The maximum absolute atomic E-state index is 12.5. The van der Waals surface area contributed by atoms with Crippen LogP contribution in [0.15, 0.2) is 85.1 Å². The molecule has 2 atom stereocenters. The Labute approximate surface area is 501 Å². The van der Waals surface area contributed by atoms with Gasteiger partial charge in [0.25, 0.3) is 0 Å². The molecule has 0 rings (SSSR count). The quantitative estimate of drug-likeness (QED) is 0.0420. The summed E-state index contributed by atoms with van der Waals surface area (Å²) in [7, 11) is 0. The molecule has 0 heterocycles. The number of rotatable bonds is 66. The van der Waals surface area contributed by atoms with Crippen LogP contribution < -0.4 is 5.32 Å². The highest BCUT2D eigenvalue weighted by Crippen LogP contribution is 2.19. The molecule has 0 spiro atoms. The van der Waals surface area contributed by atoms with Gasteiger partial charge in [-0.15, -0.1) is 0 Å². The van der Waals surface area contributed by atoms with Crippen molar-refractivity contribution in [2.75, 3.05) is 6.61 Å². The lowest BCUT2D eigenvalue weighted by Gasteiger charge is -2.19. The average Bonchev–Trinajstić information content (AvgIpc) is 3.46. The van der Waals surface area contributed by atoms with Crippen LogP contribution in [-0.2, 0) is 4.79 Å². The summed E-state index contributed by atoms with van der Waals surface area (Å²) in [6, 6.07) is -0.644. The summed E-state index contributed by atoms with van der Waals surface area (Å²) < 4.78 is 0. The zero-order valence-electron chi connectivity index (χ0n) is 53.8. The fourth-order valence-electron chi connectivity index (χ4n) is 11.0. The molecule has 2 unspecified atom stereocenters. The number of carbonyl (C=O) groups is 1. The van der Waals surface area contributed by atoms with Crippen LogP contribution in [0.5, 0.6) is 0 Å². The van der Waals surface area contributed by atoms with Gasteiger partial charge in [-0.2, -0.15) is 0 Å². The van der Waals surface area contributed by atoms with E-state index in [1.807, 2.05) is 6.08 Å². The van der Waals surface area contributed by atoms with E-state index < -0.39 is 12.1 Å². The minimum absolute atomic E-state index is 0.0694. The molecule has 3 N–H and O–H groups in total. The van der Waals surface area contributed by atoms with Gasteiger partial charge in [-0.1, -0.05) is 375 Å². The Kier molecular flexibility index (Phi) is 68.7. The van der Waals surface area contributed by atoms with Crippen molar-refractivity contribution in [2.24, 2.45) is 0 Å². The van der Waals surface area contributed by atoms with E-state index >= 15 is 0 Å². The molecule has 0 aliphatic heterocycles. The molecule has 0 fully saturated rings. The van der Waals surface area contributed by atoms with Gasteiger partial charge in [0.2, 0.25) is 5.91 Å². The van der Waals surface area contributed by atoms with Gasteiger partial charge in [0.1, 0.15) is 0 Å². The molecule has 4 heteroatoms. The summed E-state index contributed by atoms with van der Waals surface area (Å²) in [5.41, 5.74) is 0. The molecule has 1 amide bonds. The Hall–Kier alpha value is -2.43. The summed E-state index contributed by atoms with van der Waals surface area (Å²) in [6.07, 6.45) is 104. The fourth-order valence-corrected chi connectivity index (χ4v) is 11.0. The molecule has 0 aromatic carbocycles. The van der Waals surface area contributed by atoms with Crippen LogP contribution in [0.1, 0.15) is 373 Å². The Morgan fingerprint density at radius 1 is 0.312 bits per heavy atom.